The van der Waals surface area contributed by atoms with Gasteiger partial charge in [0.25, 0.3) is 0 Å². The second kappa shape index (κ2) is 14.7. The van der Waals surface area contributed by atoms with Crippen LogP contribution in [0, 0.1) is 12.8 Å². The number of nitrogens with zero attached hydrogens (tertiary/aromatic N) is 1. The Labute approximate surface area is 217 Å². The van der Waals surface area contributed by atoms with Gasteiger partial charge in [-0.1, -0.05) is 58.7 Å². The average Bonchev–Trinajstić information content (AvgIpc) is 2.76. The van der Waals surface area contributed by atoms with Crippen molar-refractivity contribution in [3.05, 3.63) is 29.3 Å². The van der Waals surface area contributed by atoms with Crippen LogP contribution in [-0.2, 0) is 14.3 Å². The summed E-state index contributed by atoms with van der Waals surface area (Å²) in [5, 5.41) is 16.6. The van der Waals surface area contributed by atoms with Gasteiger partial charge in [0, 0.05) is 18.7 Å². The molecule has 0 saturated carbocycles. The Hall–Kier alpha value is -2.77. The lowest BCUT2D eigenvalue weighted by Gasteiger charge is -2.35. The molecule has 0 aliphatic carbocycles. The molecule has 8 nitrogen and oxygen atoms in total. The first-order valence-corrected chi connectivity index (χ1v) is 13.2. The van der Waals surface area contributed by atoms with Crippen molar-refractivity contribution in [2.45, 2.75) is 105 Å². The Morgan fingerprint density at radius 1 is 1.08 bits per heavy atom. The molecule has 2 unspecified atom stereocenters. The molecular weight excluding hydrogens is 458 g/mol. The maximum Gasteiger partial charge on any atom is 0.408 e. The molecule has 3 N–H and O–H groups in total. The zero-order valence-electron chi connectivity index (χ0n) is 23.4. The lowest BCUT2D eigenvalue weighted by atomic mass is 9.97. The molecule has 3 amide bonds. The molecule has 0 aromatic heterocycles. The topological polar surface area (TPSA) is 108 Å². The predicted molar refractivity (Wildman–Crippen MR) is 143 cm³/mol. The van der Waals surface area contributed by atoms with Crippen molar-refractivity contribution in [2.24, 2.45) is 5.92 Å². The number of phenols is 1. The quantitative estimate of drug-likeness (QED) is 0.318. The van der Waals surface area contributed by atoms with E-state index in [0.29, 0.717) is 37.1 Å². The van der Waals surface area contributed by atoms with Crippen LogP contribution in [0.4, 0.5) is 4.79 Å². The Morgan fingerprint density at radius 2 is 1.72 bits per heavy atom. The van der Waals surface area contributed by atoms with Gasteiger partial charge in [-0.25, -0.2) is 4.79 Å². The molecule has 1 rings (SSSR count). The van der Waals surface area contributed by atoms with Crippen molar-refractivity contribution >= 4 is 17.9 Å². The third-order valence-corrected chi connectivity index (χ3v) is 5.68. The van der Waals surface area contributed by atoms with Crippen molar-refractivity contribution in [3.63, 3.8) is 0 Å². The van der Waals surface area contributed by atoms with Gasteiger partial charge >= 0.3 is 6.09 Å². The largest absolute Gasteiger partial charge is 0.507 e. The minimum atomic E-state index is -1.03. The standard InChI is InChI=1S/C28H47N3O5/c1-9-11-16-29-25(33)23(21-15-13-14-20(5)24(21)32)31(17-12-10-2)26(34)22(18-19(3)4)30-27(35)36-28(6,7)8/h13-15,19,22-23,32H,9-12,16-18H2,1-8H3,(H,29,33)(H,30,35). The minimum Gasteiger partial charge on any atom is -0.507 e. The number of benzene rings is 1. The van der Waals surface area contributed by atoms with Crippen LogP contribution in [0.3, 0.4) is 0 Å². The molecule has 0 heterocycles. The maximum absolute atomic E-state index is 14.0. The molecule has 0 bridgehead atoms. The summed E-state index contributed by atoms with van der Waals surface area (Å²) >= 11 is 0. The zero-order chi connectivity index (χ0) is 27.5. The van der Waals surface area contributed by atoms with Gasteiger partial charge in [-0.2, -0.15) is 0 Å². The van der Waals surface area contributed by atoms with Gasteiger partial charge in [-0.3, -0.25) is 9.59 Å². The molecule has 0 saturated heterocycles. The van der Waals surface area contributed by atoms with Gasteiger partial charge in [-0.05, 0) is 58.4 Å². The monoisotopic (exact) mass is 505 g/mol. The van der Waals surface area contributed by atoms with E-state index in [9.17, 15) is 19.5 Å². The lowest BCUT2D eigenvalue weighted by molar-refractivity contribution is -0.143. The number of amides is 3. The molecule has 0 radical (unpaired) electrons. The highest BCUT2D eigenvalue weighted by atomic mass is 16.6. The van der Waals surface area contributed by atoms with Gasteiger partial charge in [0.1, 0.15) is 23.4 Å². The van der Waals surface area contributed by atoms with E-state index in [4.69, 9.17) is 4.74 Å². The Balaban J connectivity index is 3.50. The summed E-state index contributed by atoms with van der Waals surface area (Å²) in [5.74, 6) is -0.636. The Kier molecular flexibility index (Phi) is 12.8. The van der Waals surface area contributed by atoms with Crippen LogP contribution >= 0.6 is 0 Å². The van der Waals surface area contributed by atoms with Gasteiger partial charge in [0.2, 0.25) is 11.8 Å². The number of alkyl carbamates (subject to hydrolysis) is 1. The van der Waals surface area contributed by atoms with Gasteiger partial charge in [-0.15, -0.1) is 0 Å². The number of para-hydroxylation sites is 1. The van der Waals surface area contributed by atoms with Gasteiger partial charge < -0.3 is 25.4 Å². The van der Waals surface area contributed by atoms with E-state index in [-0.39, 0.29) is 23.5 Å². The smallest absolute Gasteiger partial charge is 0.408 e. The Bertz CT molecular complexity index is 863. The highest BCUT2D eigenvalue weighted by Gasteiger charge is 2.37. The fraction of sp³-hybridized carbons (Fsp3) is 0.679. The van der Waals surface area contributed by atoms with Crippen molar-refractivity contribution in [3.8, 4) is 5.75 Å². The summed E-state index contributed by atoms with van der Waals surface area (Å²) in [6.07, 6.45) is 2.89. The molecular formula is C28H47N3O5. The van der Waals surface area contributed by atoms with E-state index in [1.807, 2.05) is 27.7 Å². The number of hydrogen-bond donors (Lipinski definition) is 3. The second-order valence-electron chi connectivity index (χ2n) is 10.8. The summed E-state index contributed by atoms with van der Waals surface area (Å²) in [6.45, 7) is 15.8. The molecule has 0 fully saturated rings. The molecule has 8 heteroatoms. The van der Waals surface area contributed by atoms with Crippen LogP contribution in [0.1, 0.15) is 97.7 Å². The summed E-state index contributed by atoms with van der Waals surface area (Å²) in [6, 6.07) is 3.29. The molecule has 0 aliphatic heterocycles. The number of phenolic OH excluding ortho intramolecular Hbond substituents is 1. The highest BCUT2D eigenvalue weighted by molar-refractivity contribution is 5.92. The molecule has 36 heavy (non-hydrogen) atoms. The first-order valence-electron chi connectivity index (χ1n) is 13.2. The van der Waals surface area contributed by atoms with Crippen LogP contribution in [0.5, 0.6) is 5.75 Å². The number of aryl methyl sites for hydroxylation is 1. The first kappa shape index (κ1) is 31.3. The lowest BCUT2D eigenvalue weighted by Crippen LogP contribution is -2.53. The number of aromatic hydroxyl groups is 1. The van der Waals surface area contributed by atoms with Crippen LogP contribution in [0.25, 0.3) is 0 Å². The molecule has 2 atom stereocenters. The van der Waals surface area contributed by atoms with Crippen LogP contribution in [-0.4, -0.2) is 52.6 Å². The normalized spacial score (nSPS) is 13.1. The maximum atomic E-state index is 14.0. The van der Waals surface area contributed by atoms with E-state index in [0.717, 1.165) is 19.3 Å². The molecule has 0 spiro atoms. The molecule has 204 valence electrons. The van der Waals surface area contributed by atoms with Crippen LogP contribution in [0.15, 0.2) is 18.2 Å². The number of unbranched alkanes of at least 4 members (excludes halogenated alkanes) is 2. The summed E-state index contributed by atoms with van der Waals surface area (Å²) in [7, 11) is 0. The summed E-state index contributed by atoms with van der Waals surface area (Å²) in [5.41, 5.74) is 0.272. The van der Waals surface area contributed by atoms with E-state index in [1.54, 1.807) is 45.9 Å². The van der Waals surface area contributed by atoms with E-state index < -0.39 is 23.8 Å². The summed E-state index contributed by atoms with van der Waals surface area (Å²) in [4.78, 5) is 41.7. The van der Waals surface area contributed by atoms with Crippen molar-refractivity contribution in [2.75, 3.05) is 13.1 Å². The third-order valence-electron chi connectivity index (χ3n) is 5.68. The molecule has 0 aliphatic rings. The molecule has 1 aromatic rings. The average molecular weight is 506 g/mol. The van der Waals surface area contributed by atoms with Crippen molar-refractivity contribution < 1.29 is 24.2 Å². The van der Waals surface area contributed by atoms with E-state index in [2.05, 4.69) is 10.6 Å². The van der Waals surface area contributed by atoms with Crippen LogP contribution < -0.4 is 10.6 Å². The number of hydrogen-bond acceptors (Lipinski definition) is 5. The molecule has 1 aromatic carbocycles. The number of nitrogens with one attached hydrogen (secondary N) is 2. The van der Waals surface area contributed by atoms with Gasteiger partial charge in [0.15, 0.2) is 0 Å². The first-order chi connectivity index (χ1) is 16.8. The van der Waals surface area contributed by atoms with E-state index >= 15 is 0 Å². The van der Waals surface area contributed by atoms with Crippen LogP contribution in [0.2, 0.25) is 0 Å². The minimum absolute atomic E-state index is 0.0112. The zero-order valence-corrected chi connectivity index (χ0v) is 23.4. The Morgan fingerprint density at radius 3 is 2.28 bits per heavy atom. The van der Waals surface area contributed by atoms with E-state index in [1.165, 1.54) is 4.90 Å². The number of rotatable bonds is 13. The fourth-order valence-corrected chi connectivity index (χ4v) is 3.88. The van der Waals surface area contributed by atoms with Gasteiger partial charge in [0.05, 0.1) is 0 Å². The third kappa shape index (κ3) is 10.1. The predicted octanol–water partition coefficient (Wildman–Crippen LogP) is 5.23. The summed E-state index contributed by atoms with van der Waals surface area (Å²) < 4.78 is 5.41. The fourth-order valence-electron chi connectivity index (χ4n) is 3.88. The number of carbonyl (C=O) groups is 3. The number of carbonyl (C=O) groups excluding carboxylic acids is 3. The SMILES string of the molecule is CCCCNC(=O)C(c1cccc(C)c1O)N(CCCC)C(=O)C(CC(C)C)NC(=O)OC(C)(C)C. The van der Waals surface area contributed by atoms with Crippen molar-refractivity contribution in [1.82, 2.24) is 15.5 Å². The highest BCUT2D eigenvalue weighted by Crippen LogP contribution is 2.33. The number of ether oxygens (including phenoxy) is 1. The second-order valence-corrected chi connectivity index (χ2v) is 10.8. The van der Waals surface area contributed by atoms with Crippen molar-refractivity contribution in [1.29, 1.82) is 0 Å².